The zero-order valence-electron chi connectivity index (χ0n) is 11.5. The van der Waals surface area contributed by atoms with Crippen molar-refractivity contribution < 1.29 is 14.3 Å². The van der Waals surface area contributed by atoms with Crippen molar-refractivity contribution in [3.05, 3.63) is 35.9 Å². The van der Waals surface area contributed by atoms with E-state index in [1.165, 1.54) is 7.11 Å². The first kappa shape index (κ1) is 14.5. The number of nitriles is 1. The number of carbonyl (C=O) groups is 1. The lowest BCUT2D eigenvalue weighted by atomic mass is 10.0. The van der Waals surface area contributed by atoms with Gasteiger partial charge in [0.05, 0.1) is 32.3 Å². The Morgan fingerprint density at radius 1 is 1.55 bits per heavy atom. The standard InChI is InChI=1S/C15H18N2O3/c1-19-15(18)9-13-11-17(7-8-20-13)14(10-16)12-5-3-2-4-6-12/h2-6,13-14H,7-9,11H2,1H3/t13-,14-/m0/s1. The topological polar surface area (TPSA) is 62.6 Å². The van der Waals surface area contributed by atoms with Gasteiger partial charge in [-0.05, 0) is 5.56 Å². The largest absolute Gasteiger partial charge is 0.469 e. The molecule has 5 nitrogen and oxygen atoms in total. The van der Waals surface area contributed by atoms with Gasteiger partial charge in [-0.3, -0.25) is 9.69 Å². The molecule has 1 aliphatic rings. The number of nitrogens with zero attached hydrogens (tertiary/aromatic N) is 2. The van der Waals surface area contributed by atoms with E-state index in [0.717, 1.165) is 5.56 Å². The van der Waals surface area contributed by atoms with E-state index in [4.69, 9.17) is 4.74 Å². The van der Waals surface area contributed by atoms with E-state index >= 15 is 0 Å². The third-order valence-electron chi connectivity index (χ3n) is 3.39. The van der Waals surface area contributed by atoms with Crippen molar-refractivity contribution in [2.45, 2.75) is 18.6 Å². The number of rotatable bonds is 4. The molecule has 0 aromatic heterocycles. The van der Waals surface area contributed by atoms with Gasteiger partial charge in [-0.15, -0.1) is 0 Å². The first-order valence-corrected chi connectivity index (χ1v) is 6.61. The Balaban J connectivity index is 2.04. The summed E-state index contributed by atoms with van der Waals surface area (Å²) < 4.78 is 10.2. The monoisotopic (exact) mass is 274 g/mol. The third kappa shape index (κ3) is 3.56. The number of hydrogen-bond acceptors (Lipinski definition) is 5. The van der Waals surface area contributed by atoms with Crippen molar-refractivity contribution in [2.75, 3.05) is 26.8 Å². The highest BCUT2D eigenvalue weighted by Gasteiger charge is 2.28. The summed E-state index contributed by atoms with van der Waals surface area (Å²) in [6, 6.07) is 11.7. The van der Waals surface area contributed by atoms with Crippen LogP contribution in [0.25, 0.3) is 0 Å². The van der Waals surface area contributed by atoms with Crippen molar-refractivity contribution in [1.29, 1.82) is 5.26 Å². The van der Waals surface area contributed by atoms with Gasteiger partial charge in [-0.2, -0.15) is 5.26 Å². The Morgan fingerprint density at radius 2 is 2.30 bits per heavy atom. The number of methoxy groups -OCH3 is 1. The summed E-state index contributed by atoms with van der Waals surface area (Å²) in [6.07, 6.45) is 0.00990. The molecule has 0 amide bonds. The maximum Gasteiger partial charge on any atom is 0.308 e. The third-order valence-corrected chi connectivity index (χ3v) is 3.39. The number of hydrogen-bond donors (Lipinski definition) is 0. The molecule has 1 aromatic carbocycles. The maximum absolute atomic E-state index is 11.3. The van der Waals surface area contributed by atoms with Crippen molar-refractivity contribution in [3.8, 4) is 6.07 Å². The summed E-state index contributed by atoms with van der Waals surface area (Å²) >= 11 is 0. The minimum Gasteiger partial charge on any atom is -0.469 e. The van der Waals surface area contributed by atoms with Gasteiger partial charge < -0.3 is 9.47 Å². The molecule has 20 heavy (non-hydrogen) atoms. The Morgan fingerprint density at radius 3 is 2.95 bits per heavy atom. The predicted octanol–water partition coefficient (Wildman–Crippen LogP) is 1.52. The lowest BCUT2D eigenvalue weighted by molar-refractivity contribution is -0.146. The van der Waals surface area contributed by atoms with E-state index in [-0.39, 0.29) is 24.5 Å². The molecule has 1 aliphatic heterocycles. The number of benzene rings is 1. The normalized spacial score (nSPS) is 20.9. The SMILES string of the molecule is COC(=O)C[C@H]1CN([C@@H](C#N)c2ccccc2)CCO1. The molecule has 1 saturated heterocycles. The molecule has 2 rings (SSSR count). The number of esters is 1. The van der Waals surface area contributed by atoms with Crippen LogP contribution in [0.2, 0.25) is 0 Å². The van der Waals surface area contributed by atoms with Crippen LogP contribution in [0.1, 0.15) is 18.0 Å². The van der Waals surface area contributed by atoms with Gasteiger partial charge in [-0.1, -0.05) is 30.3 Å². The molecule has 0 spiro atoms. The van der Waals surface area contributed by atoms with Gasteiger partial charge in [0.15, 0.2) is 0 Å². The predicted molar refractivity (Wildman–Crippen MR) is 72.7 cm³/mol. The summed E-state index contributed by atoms with van der Waals surface area (Å²) in [5, 5.41) is 9.42. The number of ether oxygens (including phenoxy) is 2. The molecule has 2 atom stereocenters. The van der Waals surface area contributed by atoms with Crippen LogP contribution in [-0.2, 0) is 14.3 Å². The second kappa shape index (κ2) is 7.04. The van der Waals surface area contributed by atoms with E-state index in [1.54, 1.807) is 0 Å². The molecule has 0 radical (unpaired) electrons. The number of morpholine rings is 1. The van der Waals surface area contributed by atoms with Gasteiger partial charge in [0, 0.05) is 13.1 Å². The highest BCUT2D eigenvalue weighted by atomic mass is 16.5. The van der Waals surface area contributed by atoms with Crippen LogP contribution in [0.4, 0.5) is 0 Å². The zero-order chi connectivity index (χ0) is 14.4. The van der Waals surface area contributed by atoms with Gasteiger partial charge in [0.1, 0.15) is 6.04 Å². The van der Waals surface area contributed by atoms with Crippen molar-refractivity contribution in [3.63, 3.8) is 0 Å². The Kier molecular flexibility index (Phi) is 5.10. The Hall–Kier alpha value is -1.90. The fourth-order valence-electron chi connectivity index (χ4n) is 2.37. The highest BCUT2D eigenvalue weighted by molar-refractivity contribution is 5.69. The smallest absolute Gasteiger partial charge is 0.308 e. The van der Waals surface area contributed by atoms with Gasteiger partial charge in [0.25, 0.3) is 0 Å². The molecular weight excluding hydrogens is 256 g/mol. The summed E-state index contributed by atoms with van der Waals surface area (Å²) in [7, 11) is 1.37. The fraction of sp³-hybridized carbons (Fsp3) is 0.467. The van der Waals surface area contributed by atoms with E-state index in [2.05, 4.69) is 10.8 Å². The highest BCUT2D eigenvalue weighted by Crippen LogP contribution is 2.23. The molecule has 0 N–H and O–H groups in total. The second-order valence-corrected chi connectivity index (χ2v) is 4.71. The average molecular weight is 274 g/mol. The molecule has 5 heteroatoms. The van der Waals surface area contributed by atoms with Crippen LogP contribution in [0.3, 0.4) is 0 Å². The van der Waals surface area contributed by atoms with Crippen LogP contribution in [0.5, 0.6) is 0 Å². The Bertz CT molecular complexity index is 484. The van der Waals surface area contributed by atoms with Crippen LogP contribution in [-0.4, -0.2) is 43.8 Å². The maximum atomic E-state index is 11.3. The van der Waals surface area contributed by atoms with Crippen molar-refractivity contribution in [1.82, 2.24) is 4.90 Å². The van der Waals surface area contributed by atoms with Gasteiger partial charge in [-0.25, -0.2) is 0 Å². The van der Waals surface area contributed by atoms with Crippen LogP contribution < -0.4 is 0 Å². The summed E-state index contributed by atoms with van der Waals surface area (Å²) in [4.78, 5) is 13.4. The Labute approximate surface area is 118 Å². The lowest BCUT2D eigenvalue weighted by Gasteiger charge is -2.35. The second-order valence-electron chi connectivity index (χ2n) is 4.71. The quantitative estimate of drug-likeness (QED) is 0.779. The van der Waals surface area contributed by atoms with Crippen LogP contribution in [0, 0.1) is 11.3 Å². The minimum atomic E-state index is -0.305. The molecular formula is C15H18N2O3. The van der Waals surface area contributed by atoms with Gasteiger partial charge in [0.2, 0.25) is 0 Å². The van der Waals surface area contributed by atoms with E-state index in [0.29, 0.717) is 19.7 Å². The molecule has 0 saturated carbocycles. The minimum absolute atomic E-state index is 0.212. The first-order valence-electron chi connectivity index (χ1n) is 6.61. The molecule has 0 bridgehead atoms. The van der Waals surface area contributed by atoms with Gasteiger partial charge >= 0.3 is 5.97 Å². The first-order chi connectivity index (χ1) is 9.74. The molecule has 106 valence electrons. The molecule has 0 aliphatic carbocycles. The molecule has 1 fully saturated rings. The average Bonchev–Trinajstić information content (AvgIpc) is 2.49. The van der Waals surface area contributed by atoms with E-state index in [1.807, 2.05) is 35.2 Å². The van der Waals surface area contributed by atoms with Crippen LogP contribution >= 0.6 is 0 Å². The van der Waals surface area contributed by atoms with Crippen molar-refractivity contribution >= 4 is 5.97 Å². The summed E-state index contributed by atoms with van der Waals surface area (Å²) in [5.41, 5.74) is 0.966. The zero-order valence-corrected chi connectivity index (χ0v) is 11.5. The summed E-state index contributed by atoms with van der Waals surface area (Å²) in [5.74, 6) is -0.287. The summed E-state index contributed by atoms with van der Waals surface area (Å²) in [6.45, 7) is 1.76. The molecule has 0 unspecified atom stereocenters. The molecule has 1 aromatic rings. The van der Waals surface area contributed by atoms with E-state index in [9.17, 15) is 10.1 Å². The van der Waals surface area contributed by atoms with Crippen LogP contribution in [0.15, 0.2) is 30.3 Å². The number of carbonyl (C=O) groups excluding carboxylic acids is 1. The van der Waals surface area contributed by atoms with E-state index < -0.39 is 0 Å². The molecule has 1 heterocycles. The fourth-order valence-corrected chi connectivity index (χ4v) is 2.37. The van der Waals surface area contributed by atoms with Crippen molar-refractivity contribution in [2.24, 2.45) is 0 Å². The lowest BCUT2D eigenvalue weighted by Crippen LogP contribution is -2.44.